The Balaban J connectivity index is 1.74. The number of hydrogen-bond donors (Lipinski definition) is 0. The number of rotatable bonds is 6. The summed E-state index contributed by atoms with van der Waals surface area (Å²) in [7, 11) is -3.24. The van der Waals surface area contributed by atoms with Gasteiger partial charge in [0.25, 0.3) is 0 Å². The fourth-order valence-electron chi connectivity index (χ4n) is 3.96. The zero-order valence-electron chi connectivity index (χ0n) is 17.9. The van der Waals surface area contributed by atoms with Crippen molar-refractivity contribution in [3.63, 3.8) is 0 Å². The second kappa shape index (κ2) is 8.16. The van der Waals surface area contributed by atoms with Crippen molar-refractivity contribution in [1.29, 1.82) is 0 Å². The molecule has 0 bridgehead atoms. The number of benzene rings is 3. The van der Waals surface area contributed by atoms with Crippen LogP contribution in [0.1, 0.15) is 30.5 Å². The lowest BCUT2D eigenvalue weighted by atomic mass is 9.60. The van der Waals surface area contributed by atoms with Gasteiger partial charge in [-0.25, -0.2) is 8.42 Å². The van der Waals surface area contributed by atoms with Crippen molar-refractivity contribution in [1.82, 2.24) is 0 Å². The van der Waals surface area contributed by atoms with Gasteiger partial charge in [-0.2, -0.15) is 0 Å². The molecule has 0 heterocycles. The molecule has 31 heavy (non-hydrogen) atoms. The quantitative estimate of drug-likeness (QED) is 0.477. The van der Waals surface area contributed by atoms with E-state index in [2.05, 4.69) is 31.1 Å². The highest BCUT2D eigenvalue weighted by atomic mass is 32.2. The molecular formula is C26H25NO3S. The summed E-state index contributed by atoms with van der Waals surface area (Å²) >= 11 is 0. The van der Waals surface area contributed by atoms with Crippen LogP contribution in [0.25, 0.3) is 11.1 Å². The molecule has 0 amide bonds. The summed E-state index contributed by atoms with van der Waals surface area (Å²) < 4.78 is 23.7. The monoisotopic (exact) mass is 431 g/mol. The molecule has 1 aliphatic rings. The van der Waals surface area contributed by atoms with E-state index in [4.69, 9.17) is 4.84 Å². The molecule has 0 saturated heterocycles. The van der Waals surface area contributed by atoms with Gasteiger partial charge in [-0.05, 0) is 48.2 Å². The molecule has 4 rings (SSSR count). The highest BCUT2D eigenvalue weighted by Gasteiger charge is 2.45. The van der Waals surface area contributed by atoms with Crippen molar-refractivity contribution in [2.75, 3.05) is 6.26 Å². The number of sulfone groups is 1. The van der Waals surface area contributed by atoms with Gasteiger partial charge in [0.05, 0.1) is 10.6 Å². The normalized spacial score (nSPS) is 16.8. The van der Waals surface area contributed by atoms with Crippen LogP contribution in [0, 0.1) is 5.41 Å². The molecule has 0 saturated carbocycles. The Labute approximate surface area is 183 Å². The molecule has 0 spiro atoms. The van der Waals surface area contributed by atoms with Gasteiger partial charge >= 0.3 is 0 Å². The van der Waals surface area contributed by atoms with Crippen LogP contribution in [0.15, 0.2) is 95.0 Å². The van der Waals surface area contributed by atoms with Crippen molar-refractivity contribution in [3.8, 4) is 0 Å². The second-order valence-corrected chi connectivity index (χ2v) is 10.3. The average Bonchev–Trinajstić information content (AvgIpc) is 2.76. The summed E-state index contributed by atoms with van der Waals surface area (Å²) in [5.74, 6) is 0. The number of allylic oxidation sites excluding steroid dienone is 2. The molecule has 5 heteroatoms. The van der Waals surface area contributed by atoms with Gasteiger partial charge in [-0.15, -0.1) is 0 Å². The van der Waals surface area contributed by atoms with Crippen molar-refractivity contribution in [2.45, 2.75) is 25.3 Å². The van der Waals surface area contributed by atoms with Crippen molar-refractivity contribution in [3.05, 3.63) is 102 Å². The Morgan fingerprint density at radius 3 is 1.97 bits per heavy atom. The maximum atomic E-state index is 11.9. The van der Waals surface area contributed by atoms with E-state index >= 15 is 0 Å². The maximum absolute atomic E-state index is 11.9. The second-order valence-electron chi connectivity index (χ2n) is 8.24. The van der Waals surface area contributed by atoms with Crippen LogP contribution in [0.3, 0.4) is 0 Å². The van der Waals surface area contributed by atoms with Gasteiger partial charge < -0.3 is 4.84 Å². The number of nitrogens with zero attached hydrogens (tertiary/aromatic N) is 1. The summed E-state index contributed by atoms with van der Waals surface area (Å²) in [5.41, 5.74) is 5.81. The zero-order chi connectivity index (χ0) is 22.1. The van der Waals surface area contributed by atoms with Gasteiger partial charge in [0.1, 0.15) is 6.61 Å². The lowest BCUT2D eigenvalue weighted by molar-refractivity contribution is 0.128. The van der Waals surface area contributed by atoms with Crippen LogP contribution >= 0.6 is 0 Å². The molecule has 158 valence electrons. The van der Waals surface area contributed by atoms with Gasteiger partial charge in [-0.3, -0.25) is 0 Å². The van der Waals surface area contributed by atoms with E-state index < -0.39 is 9.84 Å². The third kappa shape index (κ3) is 4.19. The van der Waals surface area contributed by atoms with E-state index in [1.807, 2.05) is 60.7 Å². The van der Waals surface area contributed by atoms with Crippen LogP contribution in [0.2, 0.25) is 0 Å². The fourth-order valence-corrected chi connectivity index (χ4v) is 4.59. The lowest BCUT2D eigenvalue weighted by Gasteiger charge is -2.42. The predicted octanol–water partition coefficient (Wildman–Crippen LogP) is 5.61. The molecular weight excluding hydrogens is 406 g/mol. The van der Waals surface area contributed by atoms with E-state index in [0.29, 0.717) is 11.5 Å². The van der Waals surface area contributed by atoms with E-state index in [1.54, 1.807) is 12.1 Å². The van der Waals surface area contributed by atoms with Gasteiger partial charge in [0.2, 0.25) is 0 Å². The first-order valence-electron chi connectivity index (χ1n) is 10.1. The average molecular weight is 432 g/mol. The smallest absolute Gasteiger partial charge is 0.175 e. The molecule has 1 aliphatic carbocycles. The SMILES string of the molecule is CC1(C)C(=NOCc2ccccc2)C(c2ccccc2)=C1c1ccc(S(C)(=O)=O)cc1. The molecule has 0 unspecified atom stereocenters. The first kappa shape index (κ1) is 21.1. The van der Waals surface area contributed by atoms with Crippen LogP contribution in [-0.4, -0.2) is 20.4 Å². The van der Waals surface area contributed by atoms with Gasteiger partial charge in [-0.1, -0.05) is 78.0 Å². The van der Waals surface area contributed by atoms with Gasteiger partial charge in [0, 0.05) is 17.2 Å². The van der Waals surface area contributed by atoms with Crippen LogP contribution in [-0.2, 0) is 21.3 Å². The summed E-state index contributed by atoms with van der Waals surface area (Å²) in [5, 5.41) is 4.53. The van der Waals surface area contributed by atoms with Crippen molar-refractivity contribution < 1.29 is 13.3 Å². The lowest BCUT2D eigenvalue weighted by Crippen LogP contribution is -2.38. The number of hydrogen-bond acceptors (Lipinski definition) is 4. The van der Waals surface area contributed by atoms with Crippen LogP contribution in [0.5, 0.6) is 0 Å². The fraction of sp³-hybridized carbons (Fsp3) is 0.192. The molecule has 0 fully saturated rings. The van der Waals surface area contributed by atoms with Crippen LogP contribution < -0.4 is 0 Å². The minimum absolute atomic E-state index is 0.315. The molecule has 3 aromatic carbocycles. The minimum Gasteiger partial charge on any atom is -0.391 e. The molecule has 0 N–H and O–H groups in total. The Bertz CT molecular complexity index is 1240. The molecule has 0 radical (unpaired) electrons. The highest BCUT2D eigenvalue weighted by molar-refractivity contribution is 7.90. The maximum Gasteiger partial charge on any atom is 0.175 e. The molecule has 4 nitrogen and oxygen atoms in total. The molecule has 3 aromatic rings. The van der Waals surface area contributed by atoms with Crippen molar-refractivity contribution >= 4 is 26.7 Å². The summed E-state index contributed by atoms with van der Waals surface area (Å²) in [6, 6.07) is 27.1. The standard InChI is InChI=1S/C26H25NO3S/c1-26(2)24(21-14-16-22(17-15-21)31(3,28)29)23(20-12-8-5-9-13-20)25(26)27-30-18-19-10-6-4-7-11-19/h4-17H,18H2,1-3H3. The largest absolute Gasteiger partial charge is 0.391 e. The zero-order valence-corrected chi connectivity index (χ0v) is 18.7. The van der Waals surface area contributed by atoms with E-state index in [9.17, 15) is 8.42 Å². The van der Waals surface area contributed by atoms with Crippen molar-refractivity contribution in [2.24, 2.45) is 10.6 Å². The van der Waals surface area contributed by atoms with E-state index in [-0.39, 0.29) is 5.41 Å². The summed E-state index contributed by atoms with van der Waals surface area (Å²) in [6.45, 7) is 4.63. The Morgan fingerprint density at radius 2 is 1.39 bits per heavy atom. The molecule has 0 atom stereocenters. The summed E-state index contributed by atoms with van der Waals surface area (Å²) in [4.78, 5) is 6.05. The van der Waals surface area contributed by atoms with E-state index in [0.717, 1.165) is 33.5 Å². The van der Waals surface area contributed by atoms with Crippen LogP contribution in [0.4, 0.5) is 0 Å². The Morgan fingerprint density at radius 1 is 0.806 bits per heavy atom. The third-order valence-corrected chi connectivity index (χ3v) is 6.70. The van der Waals surface area contributed by atoms with Gasteiger partial charge in [0.15, 0.2) is 9.84 Å². The third-order valence-electron chi connectivity index (χ3n) is 5.57. The first-order valence-corrected chi connectivity index (χ1v) is 12.0. The molecule has 0 aliphatic heterocycles. The highest BCUT2D eigenvalue weighted by Crippen LogP contribution is 2.53. The Kier molecular flexibility index (Phi) is 5.54. The first-order chi connectivity index (χ1) is 14.8. The Hall–Kier alpha value is -3.18. The minimum atomic E-state index is -3.24. The summed E-state index contributed by atoms with van der Waals surface area (Å²) in [6.07, 6.45) is 1.22. The van der Waals surface area contributed by atoms with E-state index in [1.165, 1.54) is 6.26 Å². The topological polar surface area (TPSA) is 55.7 Å². The number of oxime groups is 1. The molecule has 0 aromatic heterocycles. The predicted molar refractivity (Wildman–Crippen MR) is 125 cm³/mol.